The van der Waals surface area contributed by atoms with Gasteiger partial charge in [0.2, 0.25) is 23.6 Å². The quantitative estimate of drug-likeness (QED) is 0.114. The number of hydrogen-bond acceptors (Lipinski definition) is 9. The van der Waals surface area contributed by atoms with Gasteiger partial charge in [-0.1, -0.05) is 0 Å². The zero-order chi connectivity index (χ0) is 24.7. The maximum Gasteiger partial charge on any atom is 0.326 e. The fourth-order valence-electron chi connectivity index (χ4n) is 2.46. The van der Waals surface area contributed by atoms with Gasteiger partial charge in [-0.2, -0.15) is 36.2 Å². The maximum atomic E-state index is 12.8. The Balaban J connectivity index is 5.36. The van der Waals surface area contributed by atoms with Crippen LogP contribution in [0.25, 0.3) is 0 Å². The molecule has 32 heavy (non-hydrogen) atoms. The predicted octanol–water partition coefficient (Wildman–Crippen LogP) is -1.45. The molecule has 0 bridgehead atoms. The summed E-state index contributed by atoms with van der Waals surface area (Å²) in [5, 5.41) is 16.8. The molecule has 0 aromatic rings. The van der Waals surface area contributed by atoms with Crippen molar-refractivity contribution >= 4 is 65.8 Å². The third-order valence-electron chi connectivity index (χ3n) is 4.31. The van der Waals surface area contributed by atoms with Gasteiger partial charge in [-0.15, -0.1) is 0 Å². The molecule has 4 unspecified atom stereocenters. The van der Waals surface area contributed by atoms with E-state index in [1.54, 1.807) is 0 Å². The molecule has 0 aliphatic rings. The zero-order valence-corrected chi connectivity index (χ0v) is 20.7. The van der Waals surface area contributed by atoms with Gasteiger partial charge in [-0.3, -0.25) is 19.2 Å². The molecule has 0 aromatic heterocycles. The van der Waals surface area contributed by atoms with Gasteiger partial charge in [0, 0.05) is 12.2 Å². The Labute approximate surface area is 201 Å². The number of carbonyl (C=O) groups is 5. The molecule has 4 atom stereocenters. The number of carboxylic acids is 1. The summed E-state index contributed by atoms with van der Waals surface area (Å²) in [5.74, 6) is -2.64. The van der Waals surface area contributed by atoms with Crippen molar-refractivity contribution in [2.24, 2.45) is 11.5 Å². The van der Waals surface area contributed by atoms with E-state index in [0.717, 1.165) is 0 Å². The van der Waals surface area contributed by atoms with Gasteiger partial charge < -0.3 is 32.5 Å². The predicted molar refractivity (Wildman–Crippen MR) is 130 cm³/mol. The van der Waals surface area contributed by atoms with Crippen LogP contribution in [0.4, 0.5) is 0 Å². The number of nitrogens with two attached hydrogens (primary N) is 2. The van der Waals surface area contributed by atoms with Crippen LogP contribution in [0, 0.1) is 0 Å². The van der Waals surface area contributed by atoms with Crippen molar-refractivity contribution in [3.63, 3.8) is 0 Å². The van der Waals surface area contributed by atoms with E-state index >= 15 is 0 Å². The minimum absolute atomic E-state index is 0.101. The molecule has 0 radical (unpaired) electrons. The molecule has 14 heteroatoms. The van der Waals surface area contributed by atoms with Crippen LogP contribution in [0.15, 0.2) is 0 Å². The first-order valence-corrected chi connectivity index (χ1v) is 13.3. The van der Waals surface area contributed by atoms with E-state index in [0.29, 0.717) is 17.9 Å². The third-order valence-corrected chi connectivity index (χ3v) is 6.00. The number of carbonyl (C=O) groups excluding carboxylic acids is 4. The fourth-order valence-corrected chi connectivity index (χ4v) is 3.57. The Morgan fingerprint density at radius 1 is 0.844 bits per heavy atom. The molecule has 0 spiro atoms. The molecule has 0 fully saturated rings. The average molecular weight is 512 g/mol. The lowest BCUT2D eigenvalue weighted by Gasteiger charge is -2.25. The fraction of sp³-hybridized carbons (Fsp3) is 0.722. The number of primary amides is 1. The molecule has 8 N–H and O–H groups in total. The van der Waals surface area contributed by atoms with E-state index in [2.05, 4.69) is 28.6 Å². The van der Waals surface area contributed by atoms with Crippen LogP contribution in [-0.2, 0) is 24.0 Å². The summed E-state index contributed by atoms with van der Waals surface area (Å²) in [4.78, 5) is 60.1. The van der Waals surface area contributed by atoms with E-state index in [1.165, 1.54) is 23.5 Å². The number of carboxylic acid groups (broad SMARTS) is 1. The third kappa shape index (κ3) is 12.4. The van der Waals surface area contributed by atoms with Crippen LogP contribution in [0.3, 0.4) is 0 Å². The van der Waals surface area contributed by atoms with Crippen molar-refractivity contribution in [3.8, 4) is 0 Å². The summed E-state index contributed by atoms with van der Waals surface area (Å²) >= 11 is 6.91. The number of aliphatic carboxylic acids is 1. The Morgan fingerprint density at radius 2 is 1.28 bits per heavy atom. The van der Waals surface area contributed by atoms with E-state index in [1.807, 2.05) is 12.5 Å². The van der Waals surface area contributed by atoms with Gasteiger partial charge in [0.1, 0.15) is 18.1 Å². The van der Waals surface area contributed by atoms with Gasteiger partial charge >= 0.3 is 5.97 Å². The zero-order valence-electron chi connectivity index (χ0n) is 18.2. The Bertz CT molecular complexity index is 655. The lowest BCUT2D eigenvalue weighted by Crippen LogP contribution is -2.57. The first-order valence-electron chi connectivity index (χ1n) is 9.83. The Morgan fingerprint density at radius 3 is 1.66 bits per heavy atom. The molecule has 0 saturated heterocycles. The summed E-state index contributed by atoms with van der Waals surface area (Å²) < 4.78 is 0. The highest BCUT2D eigenvalue weighted by molar-refractivity contribution is 7.98. The van der Waals surface area contributed by atoms with Crippen LogP contribution >= 0.6 is 36.2 Å². The highest BCUT2D eigenvalue weighted by atomic mass is 32.2. The van der Waals surface area contributed by atoms with Gasteiger partial charge in [-0.05, 0) is 43.3 Å². The van der Waals surface area contributed by atoms with E-state index in [-0.39, 0.29) is 25.0 Å². The molecule has 11 nitrogen and oxygen atoms in total. The summed E-state index contributed by atoms with van der Waals surface area (Å²) in [5.41, 5.74) is 10.7. The van der Waals surface area contributed by atoms with Crippen LogP contribution in [-0.4, -0.2) is 88.6 Å². The summed E-state index contributed by atoms with van der Waals surface area (Å²) in [6.45, 7) is 0. The summed E-state index contributed by atoms with van der Waals surface area (Å²) in [6, 6.07) is -4.17. The number of nitrogens with one attached hydrogen (secondary N) is 3. The molecule has 0 aromatic carbocycles. The van der Waals surface area contributed by atoms with Crippen LogP contribution < -0.4 is 27.4 Å². The van der Waals surface area contributed by atoms with E-state index in [9.17, 15) is 29.1 Å². The lowest BCUT2D eigenvalue weighted by molar-refractivity contribution is -0.142. The Kier molecular flexibility index (Phi) is 16.1. The second-order valence-electron chi connectivity index (χ2n) is 6.88. The standard InChI is InChI=1S/C18H33N5O6S3/c1-31-7-5-11(21-15(25)10(19)9-30)16(26)22-12(6-8-32-2)17(27)23-13(18(28)29)3-4-14(20)24/h10-13,30H,3-9,19H2,1-2H3,(H2,20,24)(H,21,25)(H,22,26)(H,23,27)(H,28,29). The average Bonchev–Trinajstić information content (AvgIpc) is 2.75. The molecule has 0 aliphatic heterocycles. The normalized spacial score (nSPS) is 14.5. The molecule has 0 saturated carbocycles. The number of amides is 4. The maximum absolute atomic E-state index is 12.8. The molecular weight excluding hydrogens is 478 g/mol. The van der Waals surface area contributed by atoms with Crippen molar-refractivity contribution in [1.82, 2.24) is 16.0 Å². The number of thiol groups is 1. The van der Waals surface area contributed by atoms with Crippen molar-refractivity contribution in [2.75, 3.05) is 29.8 Å². The number of thioether (sulfide) groups is 2. The number of rotatable bonds is 17. The second-order valence-corrected chi connectivity index (χ2v) is 9.22. The molecule has 184 valence electrons. The minimum Gasteiger partial charge on any atom is -0.480 e. The van der Waals surface area contributed by atoms with Gasteiger partial charge in [0.05, 0.1) is 6.04 Å². The van der Waals surface area contributed by atoms with Crippen molar-refractivity contribution < 1.29 is 29.1 Å². The molecule has 0 heterocycles. The first-order chi connectivity index (χ1) is 15.1. The number of hydrogen-bond donors (Lipinski definition) is 7. The minimum atomic E-state index is -1.33. The molecular formula is C18H33N5O6S3. The smallest absolute Gasteiger partial charge is 0.326 e. The van der Waals surface area contributed by atoms with Gasteiger partial charge in [0.15, 0.2) is 0 Å². The summed E-state index contributed by atoms with van der Waals surface area (Å²) in [7, 11) is 0. The Hall–Kier alpha value is -1.64. The monoisotopic (exact) mass is 511 g/mol. The van der Waals surface area contributed by atoms with E-state index < -0.39 is 53.8 Å². The lowest BCUT2D eigenvalue weighted by atomic mass is 10.1. The topological polar surface area (TPSA) is 194 Å². The molecule has 0 rings (SSSR count). The molecule has 4 amide bonds. The SMILES string of the molecule is CSCCC(NC(=O)C(N)CS)C(=O)NC(CCSC)C(=O)NC(CCC(N)=O)C(=O)O. The summed E-state index contributed by atoms with van der Waals surface area (Å²) in [6.07, 6.45) is 3.83. The van der Waals surface area contributed by atoms with Crippen molar-refractivity contribution in [2.45, 2.75) is 49.9 Å². The van der Waals surface area contributed by atoms with Crippen LogP contribution in [0.1, 0.15) is 25.7 Å². The highest BCUT2D eigenvalue weighted by Crippen LogP contribution is 2.07. The van der Waals surface area contributed by atoms with Crippen molar-refractivity contribution in [3.05, 3.63) is 0 Å². The van der Waals surface area contributed by atoms with Crippen molar-refractivity contribution in [1.29, 1.82) is 0 Å². The van der Waals surface area contributed by atoms with Gasteiger partial charge in [-0.25, -0.2) is 4.79 Å². The first kappa shape index (κ1) is 30.4. The van der Waals surface area contributed by atoms with E-state index in [4.69, 9.17) is 11.5 Å². The second kappa shape index (κ2) is 16.9. The highest BCUT2D eigenvalue weighted by Gasteiger charge is 2.30. The molecule has 0 aliphatic carbocycles. The van der Waals surface area contributed by atoms with Gasteiger partial charge in [0.25, 0.3) is 0 Å². The van der Waals surface area contributed by atoms with Crippen LogP contribution in [0.5, 0.6) is 0 Å². The largest absolute Gasteiger partial charge is 0.480 e. The van der Waals surface area contributed by atoms with Crippen LogP contribution in [0.2, 0.25) is 0 Å².